The van der Waals surface area contributed by atoms with Gasteiger partial charge in [-0.15, -0.1) is 0 Å². The van der Waals surface area contributed by atoms with Gasteiger partial charge in [0.25, 0.3) is 0 Å². The summed E-state index contributed by atoms with van der Waals surface area (Å²) in [5.74, 6) is -0.367. The van der Waals surface area contributed by atoms with E-state index in [9.17, 15) is 4.79 Å². The SMILES string of the molecule is CCC(CC)(C(=O)Nc1ccc(C)nc1)/C(N)=N/O. The molecule has 104 valence electrons. The van der Waals surface area contributed by atoms with Crippen LogP contribution in [0.25, 0.3) is 0 Å². The number of carbonyl (C=O) groups excluding carboxylic acids is 1. The number of hydrogen-bond acceptors (Lipinski definition) is 4. The summed E-state index contributed by atoms with van der Waals surface area (Å²) in [6.07, 6.45) is 2.48. The summed E-state index contributed by atoms with van der Waals surface area (Å²) < 4.78 is 0. The van der Waals surface area contributed by atoms with Crippen LogP contribution in [-0.2, 0) is 4.79 Å². The molecule has 0 fully saturated rings. The van der Waals surface area contributed by atoms with Gasteiger partial charge in [-0.1, -0.05) is 19.0 Å². The molecule has 4 N–H and O–H groups in total. The van der Waals surface area contributed by atoms with Crippen molar-refractivity contribution in [2.24, 2.45) is 16.3 Å². The molecule has 0 aromatic carbocycles. The zero-order chi connectivity index (χ0) is 14.5. The summed E-state index contributed by atoms with van der Waals surface area (Å²) in [5, 5.41) is 14.6. The summed E-state index contributed by atoms with van der Waals surface area (Å²) in [4.78, 5) is 16.5. The topological polar surface area (TPSA) is 101 Å². The van der Waals surface area contributed by atoms with Crippen molar-refractivity contribution in [3.8, 4) is 0 Å². The van der Waals surface area contributed by atoms with Crippen LogP contribution in [0.1, 0.15) is 32.4 Å². The number of nitrogens with two attached hydrogens (primary N) is 1. The van der Waals surface area contributed by atoms with Crippen LogP contribution in [-0.4, -0.2) is 21.9 Å². The molecule has 0 unspecified atom stereocenters. The lowest BCUT2D eigenvalue weighted by molar-refractivity contribution is -0.122. The molecule has 1 aromatic heterocycles. The highest BCUT2D eigenvalue weighted by atomic mass is 16.4. The van der Waals surface area contributed by atoms with E-state index in [1.807, 2.05) is 20.8 Å². The van der Waals surface area contributed by atoms with Crippen LogP contribution < -0.4 is 11.1 Å². The first-order valence-electron chi connectivity index (χ1n) is 6.22. The molecule has 0 saturated heterocycles. The van der Waals surface area contributed by atoms with Gasteiger partial charge in [-0.2, -0.15) is 0 Å². The number of aromatic nitrogens is 1. The Balaban J connectivity index is 2.98. The molecule has 0 bridgehead atoms. The Labute approximate surface area is 112 Å². The van der Waals surface area contributed by atoms with Gasteiger partial charge in [0.05, 0.1) is 11.9 Å². The number of aryl methyl sites for hydroxylation is 1. The van der Waals surface area contributed by atoms with Gasteiger partial charge in [-0.05, 0) is 31.9 Å². The maximum Gasteiger partial charge on any atom is 0.238 e. The number of amides is 1. The third kappa shape index (κ3) is 3.01. The molecule has 0 aliphatic rings. The highest BCUT2D eigenvalue weighted by Gasteiger charge is 2.39. The van der Waals surface area contributed by atoms with E-state index in [0.29, 0.717) is 18.5 Å². The number of anilines is 1. The molecule has 1 rings (SSSR count). The van der Waals surface area contributed by atoms with Crippen molar-refractivity contribution in [2.45, 2.75) is 33.6 Å². The average Bonchev–Trinajstić information content (AvgIpc) is 2.43. The number of pyridine rings is 1. The summed E-state index contributed by atoms with van der Waals surface area (Å²) in [7, 11) is 0. The first-order valence-corrected chi connectivity index (χ1v) is 6.22. The highest BCUT2D eigenvalue weighted by Crippen LogP contribution is 2.28. The van der Waals surface area contributed by atoms with E-state index in [1.54, 1.807) is 18.3 Å². The Morgan fingerprint density at radius 1 is 1.47 bits per heavy atom. The smallest absolute Gasteiger partial charge is 0.238 e. The van der Waals surface area contributed by atoms with Gasteiger partial charge in [0.15, 0.2) is 5.84 Å². The van der Waals surface area contributed by atoms with Crippen molar-refractivity contribution in [1.29, 1.82) is 0 Å². The quantitative estimate of drug-likeness (QED) is 0.327. The maximum absolute atomic E-state index is 12.4. The summed E-state index contributed by atoms with van der Waals surface area (Å²) in [5.41, 5.74) is 6.13. The number of hydrogen-bond donors (Lipinski definition) is 3. The molecule has 0 spiro atoms. The van der Waals surface area contributed by atoms with Crippen molar-refractivity contribution in [3.05, 3.63) is 24.0 Å². The Morgan fingerprint density at radius 2 is 2.11 bits per heavy atom. The lowest BCUT2D eigenvalue weighted by atomic mass is 9.80. The van der Waals surface area contributed by atoms with Crippen LogP contribution >= 0.6 is 0 Å². The third-order valence-corrected chi connectivity index (χ3v) is 3.41. The number of nitrogens with zero attached hydrogens (tertiary/aromatic N) is 2. The number of carbonyl (C=O) groups is 1. The van der Waals surface area contributed by atoms with Crippen LogP contribution in [0.2, 0.25) is 0 Å². The van der Waals surface area contributed by atoms with E-state index in [2.05, 4.69) is 15.5 Å². The van der Waals surface area contributed by atoms with Crippen LogP contribution in [0.5, 0.6) is 0 Å². The Bertz CT molecular complexity index is 464. The fourth-order valence-electron chi connectivity index (χ4n) is 1.94. The largest absolute Gasteiger partial charge is 0.409 e. The lowest BCUT2D eigenvalue weighted by Crippen LogP contribution is -2.46. The first kappa shape index (κ1) is 14.9. The lowest BCUT2D eigenvalue weighted by Gasteiger charge is -2.28. The van der Waals surface area contributed by atoms with Gasteiger partial charge in [0, 0.05) is 5.69 Å². The normalized spacial score (nSPS) is 12.3. The molecule has 0 aliphatic carbocycles. The van der Waals surface area contributed by atoms with Gasteiger partial charge in [0.1, 0.15) is 5.41 Å². The minimum atomic E-state index is -1.00. The zero-order valence-electron chi connectivity index (χ0n) is 11.5. The van der Waals surface area contributed by atoms with Crippen LogP contribution in [0.15, 0.2) is 23.5 Å². The zero-order valence-corrected chi connectivity index (χ0v) is 11.5. The van der Waals surface area contributed by atoms with Crippen LogP contribution in [0.3, 0.4) is 0 Å². The second-order valence-corrected chi connectivity index (χ2v) is 4.42. The minimum Gasteiger partial charge on any atom is -0.409 e. The fraction of sp³-hybridized carbons (Fsp3) is 0.462. The van der Waals surface area contributed by atoms with Crippen LogP contribution in [0.4, 0.5) is 5.69 Å². The van der Waals surface area contributed by atoms with Crippen molar-refractivity contribution in [1.82, 2.24) is 4.98 Å². The predicted molar refractivity (Wildman–Crippen MR) is 74.0 cm³/mol. The van der Waals surface area contributed by atoms with E-state index >= 15 is 0 Å². The van der Waals surface area contributed by atoms with E-state index in [4.69, 9.17) is 10.9 Å². The van der Waals surface area contributed by atoms with Crippen molar-refractivity contribution >= 4 is 17.4 Å². The van der Waals surface area contributed by atoms with E-state index in [0.717, 1.165) is 5.69 Å². The Kier molecular flexibility index (Phi) is 4.86. The van der Waals surface area contributed by atoms with Gasteiger partial charge in [-0.3, -0.25) is 9.78 Å². The van der Waals surface area contributed by atoms with Gasteiger partial charge >= 0.3 is 0 Å². The number of amidine groups is 1. The van der Waals surface area contributed by atoms with Crippen molar-refractivity contribution in [2.75, 3.05) is 5.32 Å². The molecule has 0 saturated carbocycles. The van der Waals surface area contributed by atoms with Gasteiger partial charge in [0.2, 0.25) is 5.91 Å². The fourth-order valence-corrected chi connectivity index (χ4v) is 1.94. The molecule has 1 aromatic rings. The Morgan fingerprint density at radius 3 is 2.53 bits per heavy atom. The van der Waals surface area contributed by atoms with E-state index < -0.39 is 5.41 Å². The standard InChI is InChI=1S/C13H20N4O2/c1-4-13(5-2,11(14)17-19)12(18)16-10-7-6-9(3)15-8-10/h6-8,19H,4-5H2,1-3H3,(H2,14,17)(H,16,18). The predicted octanol–water partition coefficient (Wildman–Crippen LogP) is 1.88. The molecule has 19 heavy (non-hydrogen) atoms. The molecule has 0 atom stereocenters. The molecule has 0 aliphatic heterocycles. The molecule has 0 radical (unpaired) electrons. The molecule has 1 amide bonds. The number of rotatable bonds is 5. The summed E-state index contributed by atoms with van der Waals surface area (Å²) in [6.45, 7) is 5.52. The molecule has 1 heterocycles. The second kappa shape index (κ2) is 6.17. The Hall–Kier alpha value is -2.11. The molecular weight excluding hydrogens is 244 g/mol. The van der Waals surface area contributed by atoms with Gasteiger partial charge < -0.3 is 16.3 Å². The molecule has 6 nitrogen and oxygen atoms in total. The third-order valence-electron chi connectivity index (χ3n) is 3.41. The molecule has 6 heteroatoms. The number of nitrogens with one attached hydrogen (secondary N) is 1. The number of oxime groups is 1. The second-order valence-electron chi connectivity index (χ2n) is 4.42. The van der Waals surface area contributed by atoms with E-state index in [1.165, 1.54) is 0 Å². The van der Waals surface area contributed by atoms with Crippen LogP contribution in [0, 0.1) is 12.3 Å². The van der Waals surface area contributed by atoms with Crippen molar-refractivity contribution < 1.29 is 10.0 Å². The first-order chi connectivity index (χ1) is 9.00. The van der Waals surface area contributed by atoms with E-state index in [-0.39, 0.29) is 11.7 Å². The highest BCUT2D eigenvalue weighted by molar-refractivity contribution is 6.11. The van der Waals surface area contributed by atoms with Crippen molar-refractivity contribution in [3.63, 3.8) is 0 Å². The maximum atomic E-state index is 12.4. The molecular formula is C13H20N4O2. The van der Waals surface area contributed by atoms with Gasteiger partial charge in [-0.25, -0.2) is 0 Å². The summed E-state index contributed by atoms with van der Waals surface area (Å²) in [6, 6.07) is 3.57. The monoisotopic (exact) mass is 264 g/mol. The minimum absolute atomic E-state index is 0.0740. The average molecular weight is 264 g/mol. The summed E-state index contributed by atoms with van der Waals surface area (Å²) >= 11 is 0.